The fourth-order valence-corrected chi connectivity index (χ4v) is 0.176. The number of hydrogen-bond donors (Lipinski definition) is 0. The SMILES string of the molecule is FC=COC(F)C(F)(F)F. The van der Waals surface area contributed by atoms with Crippen molar-refractivity contribution in [2.45, 2.75) is 12.5 Å². The number of rotatable bonds is 2. The molecule has 0 heterocycles. The van der Waals surface area contributed by atoms with Gasteiger partial charge in [0, 0.05) is 0 Å². The molecule has 0 fully saturated rings. The van der Waals surface area contributed by atoms with Crippen molar-refractivity contribution >= 4 is 0 Å². The van der Waals surface area contributed by atoms with Crippen LogP contribution in [0.2, 0.25) is 0 Å². The molecule has 0 aromatic heterocycles. The average Bonchev–Trinajstić information content (AvgIpc) is 1.80. The lowest BCUT2D eigenvalue weighted by atomic mass is 10.7. The summed E-state index contributed by atoms with van der Waals surface area (Å²) in [6.07, 6.45) is -8.91. The molecule has 1 nitrogen and oxygen atoms in total. The second-order valence-corrected chi connectivity index (χ2v) is 1.26. The van der Waals surface area contributed by atoms with E-state index in [1.54, 1.807) is 0 Å². The first kappa shape index (κ1) is 9.19. The van der Waals surface area contributed by atoms with E-state index >= 15 is 0 Å². The van der Waals surface area contributed by atoms with Crippen molar-refractivity contribution in [1.29, 1.82) is 0 Å². The minimum atomic E-state index is -5.10. The number of ether oxygens (including phenoxy) is 1. The van der Waals surface area contributed by atoms with E-state index in [2.05, 4.69) is 4.74 Å². The fourth-order valence-electron chi connectivity index (χ4n) is 0.176. The Morgan fingerprint density at radius 2 is 1.80 bits per heavy atom. The summed E-state index contributed by atoms with van der Waals surface area (Å²) in [7, 11) is 0. The molecule has 0 aliphatic rings. The Kier molecular flexibility index (Phi) is 3.11. The van der Waals surface area contributed by atoms with Crippen molar-refractivity contribution in [3.63, 3.8) is 0 Å². The normalized spacial score (nSPS) is 15.7. The number of alkyl halides is 4. The van der Waals surface area contributed by atoms with Crippen molar-refractivity contribution in [2.75, 3.05) is 0 Å². The van der Waals surface area contributed by atoms with E-state index in [-0.39, 0.29) is 12.6 Å². The molecule has 0 aromatic rings. The van der Waals surface area contributed by atoms with Gasteiger partial charge in [-0.2, -0.15) is 17.6 Å². The van der Waals surface area contributed by atoms with Crippen molar-refractivity contribution in [3.05, 3.63) is 12.6 Å². The zero-order chi connectivity index (χ0) is 8.20. The third-order valence-electron chi connectivity index (χ3n) is 0.507. The van der Waals surface area contributed by atoms with Crippen molar-refractivity contribution in [2.24, 2.45) is 0 Å². The lowest BCUT2D eigenvalue weighted by Gasteiger charge is -2.09. The Hall–Kier alpha value is -0.810. The van der Waals surface area contributed by atoms with Crippen LogP contribution in [0.25, 0.3) is 0 Å². The minimum absolute atomic E-state index is 0.0157. The Morgan fingerprint density at radius 3 is 2.10 bits per heavy atom. The maximum absolute atomic E-state index is 11.5. The van der Waals surface area contributed by atoms with Crippen LogP contribution < -0.4 is 0 Å². The highest BCUT2D eigenvalue weighted by Gasteiger charge is 2.41. The van der Waals surface area contributed by atoms with Gasteiger partial charge >= 0.3 is 12.5 Å². The van der Waals surface area contributed by atoms with Gasteiger partial charge in [-0.1, -0.05) is 0 Å². The van der Waals surface area contributed by atoms with E-state index in [9.17, 15) is 22.0 Å². The molecule has 1 atom stereocenters. The molecule has 0 saturated heterocycles. The molecule has 0 N–H and O–H groups in total. The molecular weight excluding hydrogens is 159 g/mol. The molecule has 0 aliphatic heterocycles. The lowest BCUT2D eigenvalue weighted by Crippen LogP contribution is -2.25. The smallest absolute Gasteiger partial charge is 0.457 e. The molecule has 0 rings (SSSR count). The fraction of sp³-hybridized carbons (Fsp3) is 0.500. The third-order valence-corrected chi connectivity index (χ3v) is 0.507. The van der Waals surface area contributed by atoms with Crippen LogP contribution in [0.4, 0.5) is 22.0 Å². The second kappa shape index (κ2) is 3.38. The summed E-state index contributed by atoms with van der Waals surface area (Å²) in [5, 5.41) is 0. The van der Waals surface area contributed by atoms with Crippen molar-refractivity contribution < 1.29 is 26.7 Å². The van der Waals surface area contributed by atoms with E-state index in [1.165, 1.54) is 0 Å². The Bertz CT molecular complexity index is 117. The summed E-state index contributed by atoms with van der Waals surface area (Å²) in [5.74, 6) is 0. The van der Waals surface area contributed by atoms with Crippen LogP contribution in [-0.4, -0.2) is 12.5 Å². The number of hydrogen-bond acceptors (Lipinski definition) is 1. The van der Waals surface area contributed by atoms with Gasteiger partial charge in [-0.25, -0.2) is 4.39 Å². The van der Waals surface area contributed by atoms with Crippen LogP contribution in [0.5, 0.6) is 0 Å². The highest BCUT2D eigenvalue weighted by Crippen LogP contribution is 2.23. The minimum Gasteiger partial charge on any atom is -0.458 e. The molecule has 0 saturated carbocycles. The summed E-state index contributed by atoms with van der Waals surface area (Å²) in [5.41, 5.74) is 0. The first-order chi connectivity index (χ1) is 4.48. The Balaban J connectivity index is 3.73. The van der Waals surface area contributed by atoms with E-state index in [1.807, 2.05) is 0 Å². The van der Waals surface area contributed by atoms with Gasteiger partial charge < -0.3 is 4.74 Å². The third kappa shape index (κ3) is 3.26. The van der Waals surface area contributed by atoms with E-state index in [0.717, 1.165) is 0 Å². The molecule has 0 bridgehead atoms. The summed E-state index contributed by atoms with van der Waals surface area (Å²) >= 11 is 0. The molecule has 0 amide bonds. The van der Waals surface area contributed by atoms with Crippen molar-refractivity contribution in [1.82, 2.24) is 0 Å². The summed E-state index contributed by atoms with van der Waals surface area (Å²) in [6, 6.07) is 0. The molecule has 1 unspecified atom stereocenters. The van der Waals surface area contributed by atoms with Gasteiger partial charge in [-0.15, -0.1) is 0 Å². The molecular formula is C4H3F5O. The van der Waals surface area contributed by atoms with Crippen molar-refractivity contribution in [3.8, 4) is 0 Å². The van der Waals surface area contributed by atoms with Gasteiger partial charge in [0.25, 0.3) is 0 Å². The highest BCUT2D eigenvalue weighted by molar-refractivity contribution is 4.63. The van der Waals surface area contributed by atoms with Crippen LogP contribution in [0.15, 0.2) is 12.6 Å². The molecule has 0 spiro atoms. The van der Waals surface area contributed by atoms with E-state index in [0.29, 0.717) is 0 Å². The molecule has 60 valence electrons. The van der Waals surface area contributed by atoms with Crippen LogP contribution in [0, 0.1) is 0 Å². The second-order valence-electron chi connectivity index (χ2n) is 1.26. The highest BCUT2D eigenvalue weighted by atomic mass is 19.4. The van der Waals surface area contributed by atoms with E-state index in [4.69, 9.17) is 0 Å². The topological polar surface area (TPSA) is 9.23 Å². The number of halogens is 5. The van der Waals surface area contributed by atoms with Crippen LogP contribution in [-0.2, 0) is 4.74 Å². The Morgan fingerprint density at radius 1 is 1.30 bits per heavy atom. The zero-order valence-corrected chi connectivity index (χ0v) is 4.53. The molecule has 10 heavy (non-hydrogen) atoms. The van der Waals surface area contributed by atoms with Crippen LogP contribution in [0.3, 0.4) is 0 Å². The Labute approximate surface area is 53.1 Å². The summed E-state index contributed by atoms with van der Waals surface area (Å²) < 4.78 is 59.0. The first-order valence-electron chi connectivity index (χ1n) is 2.10. The van der Waals surface area contributed by atoms with Gasteiger partial charge in [0.15, 0.2) is 0 Å². The standard InChI is InChI=1S/C4H3F5O/c5-1-2-10-3(6)4(7,8)9/h1-3H. The monoisotopic (exact) mass is 162 g/mol. The quantitative estimate of drug-likeness (QED) is 0.447. The van der Waals surface area contributed by atoms with Crippen LogP contribution >= 0.6 is 0 Å². The van der Waals surface area contributed by atoms with Gasteiger partial charge in [-0.05, 0) is 0 Å². The van der Waals surface area contributed by atoms with Gasteiger partial charge in [0.2, 0.25) is 0 Å². The maximum Gasteiger partial charge on any atom is 0.457 e. The van der Waals surface area contributed by atoms with Gasteiger partial charge in [0.05, 0.1) is 0 Å². The molecule has 0 aromatic carbocycles. The lowest BCUT2D eigenvalue weighted by molar-refractivity contribution is -0.248. The zero-order valence-electron chi connectivity index (χ0n) is 4.53. The molecule has 0 aliphatic carbocycles. The predicted octanol–water partition coefficient (Wildman–Crippen LogP) is 2.30. The molecule has 0 radical (unpaired) electrons. The van der Waals surface area contributed by atoms with Crippen LogP contribution in [0.1, 0.15) is 0 Å². The van der Waals surface area contributed by atoms with Gasteiger partial charge in [-0.3, -0.25) is 0 Å². The average molecular weight is 162 g/mol. The summed E-state index contributed by atoms with van der Waals surface area (Å²) in [6.45, 7) is 0. The summed E-state index contributed by atoms with van der Waals surface area (Å²) in [4.78, 5) is 0. The largest absolute Gasteiger partial charge is 0.458 e. The molecule has 6 heteroatoms. The first-order valence-corrected chi connectivity index (χ1v) is 2.10. The van der Waals surface area contributed by atoms with E-state index < -0.39 is 12.5 Å². The predicted molar refractivity (Wildman–Crippen MR) is 22.3 cm³/mol. The van der Waals surface area contributed by atoms with Gasteiger partial charge in [0.1, 0.15) is 12.6 Å². The maximum atomic E-state index is 11.5.